The second-order valence-electron chi connectivity index (χ2n) is 4.08. The van der Waals surface area contributed by atoms with Crippen molar-refractivity contribution in [1.29, 1.82) is 0 Å². The predicted octanol–water partition coefficient (Wildman–Crippen LogP) is 1.83. The monoisotopic (exact) mass is 153 g/mol. The average Bonchev–Trinajstić information content (AvgIpc) is 2.10. The van der Waals surface area contributed by atoms with Gasteiger partial charge in [0.05, 0.1) is 0 Å². The summed E-state index contributed by atoms with van der Waals surface area (Å²) in [7, 11) is 0. The van der Waals surface area contributed by atoms with E-state index in [1.807, 2.05) is 0 Å². The van der Waals surface area contributed by atoms with E-state index >= 15 is 0 Å². The number of rotatable bonds is 0. The van der Waals surface area contributed by atoms with E-state index in [1.54, 1.807) is 0 Å². The molecule has 0 saturated carbocycles. The molecule has 0 aromatic carbocycles. The van der Waals surface area contributed by atoms with Crippen LogP contribution in [-0.2, 0) is 4.79 Å². The lowest BCUT2D eigenvalue weighted by Crippen LogP contribution is -2.14. The van der Waals surface area contributed by atoms with Crippen LogP contribution in [0, 0.1) is 5.41 Å². The molecule has 1 fully saturated rings. The Kier molecular flexibility index (Phi) is 2.03. The van der Waals surface area contributed by atoms with Gasteiger partial charge >= 0.3 is 0 Å². The van der Waals surface area contributed by atoms with Gasteiger partial charge in [0.25, 0.3) is 0 Å². The third-order valence-corrected chi connectivity index (χ3v) is 1.53. The van der Waals surface area contributed by atoms with E-state index in [-0.39, 0.29) is 11.3 Å². The van der Waals surface area contributed by atoms with Crippen molar-refractivity contribution >= 4 is 5.91 Å². The third-order valence-electron chi connectivity index (χ3n) is 1.53. The molecule has 1 heterocycles. The van der Waals surface area contributed by atoms with E-state index in [0.717, 1.165) is 12.1 Å². The van der Waals surface area contributed by atoms with E-state index in [1.165, 1.54) is 0 Å². The van der Waals surface area contributed by atoms with Gasteiger partial charge in [-0.2, -0.15) is 0 Å². The highest BCUT2D eigenvalue weighted by Gasteiger charge is 2.16. The van der Waals surface area contributed by atoms with Crippen molar-refractivity contribution in [2.24, 2.45) is 5.41 Å². The molecule has 0 radical (unpaired) electrons. The summed E-state index contributed by atoms with van der Waals surface area (Å²) < 4.78 is 0. The van der Waals surface area contributed by atoms with Crippen molar-refractivity contribution in [2.75, 3.05) is 0 Å². The van der Waals surface area contributed by atoms with Gasteiger partial charge in [0.1, 0.15) is 0 Å². The zero-order valence-electron chi connectivity index (χ0n) is 7.40. The van der Waals surface area contributed by atoms with Crippen LogP contribution >= 0.6 is 0 Å². The van der Waals surface area contributed by atoms with Crippen LogP contribution in [0.25, 0.3) is 0 Å². The molecule has 11 heavy (non-hydrogen) atoms. The number of nitrogens with one attached hydrogen (secondary N) is 1. The fourth-order valence-electron chi connectivity index (χ4n) is 1.18. The van der Waals surface area contributed by atoms with Crippen LogP contribution in [0.4, 0.5) is 0 Å². The normalized spacial score (nSPS) is 22.5. The van der Waals surface area contributed by atoms with Crippen LogP contribution in [0.1, 0.15) is 33.6 Å². The first kappa shape index (κ1) is 8.31. The Hall–Kier alpha value is -0.790. The largest absolute Gasteiger partial charge is 0.330 e. The number of carbonyl (C=O) groups excluding carboxylic acids is 1. The van der Waals surface area contributed by atoms with Crippen LogP contribution in [0.15, 0.2) is 11.8 Å². The zero-order chi connectivity index (χ0) is 8.48. The molecule has 0 bridgehead atoms. The third kappa shape index (κ3) is 2.74. The quantitative estimate of drug-likeness (QED) is 0.565. The van der Waals surface area contributed by atoms with Crippen molar-refractivity contribution < 1.29 is 4.79 Å². The fraction of sp³-hybridized carbons (Fsp3) is 0.667. The lowest BCUT2D eigenvalue weighted by molar-refractivity contribution is -0.118. The molecule has 62 valence electrons. The Bertz CT molecular complexity index is 198. The first-order chi connectivity index (χ1) is 4.97. The molecule has 0 aliphatic carbocycles. The molecular formula is C9H15NO. The van der Waals surface area contributed by atoms with Crippen LogP contribution in [0.5, 0.6) is 0 Å². The van der Waals surface area contributed by atoms with Crippen LogP contribution in [0.3, 0.4) is 0 Å². The van der Waals surface area contributed by atoms with Gasteiger partial charge < -0.3 is 5.32 Å². The maximum absolute atomic E-state index is 10.8. The molecule has 0 aromatic heterocycles. The second-order valence-corrected chi connectivity index (χ2v) is 4.08. The fourth-order valence-corrected chi connectivity index (χ4v) is 1.18. The minimum Gasteiger partial charge on any atom is -0.330 e. The van der Waals surface area contributed by atoms with Crippen LogP contribution < -0.4 is 5.32 Å². The first-order valence-electron chi connectivity index (χ1n) is 3.99. The lowest BCUT2D eigenvalue weighted by atomic mass is 9.95. The Balaban J connectivity index is 2.62. The van der Waals surface area contributed by atoms with Gasteiger partial charge in [-0.3, -0.25) is 4.79 Å². The molecule has 1 saturated heterocycles. The van der Waals surface area contributed by atoms with E-state index in [4.69, 9.17) is 0 Å². The molecule has 0 atom stereocenters. The molecule has 1 rings (SSSR count). The summed E-state index contributed by atoms with van der Waals surface area (Å²) in [5, 5.41) is 2.83. The minimum atomic E-state index is 0.153. The Labute approximate surface area is 67.7 Å². The van der Waals surface area contributed by atoms with Crippen LogP contribution in [-0.4, -0.2) is 5.91 Å². The van der Waals surface area contributed by atoms with Gasteiger partial charge in [0.2, 0.25) is 5.91 Å². The molecule has 0 unspecified atom stereocenters. The molecule has 1 aliphatic rings. The Morgan fingerprint density at radius 1 is 1.36 bits per heavy atom. The second kappa shape index (κ2) is 2.68. The Morgan fingerprint density at radius 3 is 2.36 bits per heavy atom. The van der Waals surface area contributed by atoms with Gasteiger partial charge in [-0.1, -0.05) is 26.8 Å². The van der Waals surface area contributed by atoms with Crippen molar-refractivity contribution in [3.05, 3.63) is 11.8 Å². The highest BCUT2D eigenvalue weighted by Crippen LogP contribution is 2.20. The topological polar surface area (TPSA) is 29.1 Å². The highest BCUT2D eigenvalue weighted by molar-refractivity contribution is 5.80. The predicted molar refractivity (Wildman–Crippen MR) is 44.9 cm³/mol. The maximum Gasteiger partial charge on any atom is 0.224 e. The molecule has 2 heteroatoms. The summed E-state index contributed by atoms with van der Waals surface area (Å²) in [6.07, 6.45) is 3.66. The number of hydrogen-bond donors (Lipinski definition) is 1. The number of carbonyl (C=O) groups is 1. The smallest absolute Gasteiger partial charge is 0.224 e. The van der Waals surface area contributed by atoms with E-state index in [0.29, 0.717) is 6.42 Å². The van der Waals surface area contributed by atoms with Gasteiger partial charge in [0.15, 0.2) is 0 Å². The van der Waals surface area contributed by atoms with Gasteiger partial charge in [-0.05, 0) is 11.8 Å². The number of amides is 1. The van der Waals surface area contributed by atoms with Crippen molar-refractivity contribution in [3.8, 4) is 0 Å². The molecule has 1 amide bonds. The summed E-state index contributed by atoms with van der Waals surface area (Å²) in [6, 6.07) is 0. The van der Waals surface area contributed by atoms with E-state index < -0.39 is 0 Å². The van der Waals surface area contributed by atoms with E-state index in [2.05, 4.69) is 32.2 Å². The summed E-state index contributed by atoms with van der Waals surface area (Å²) in [6.45, 7) is 6.39. The molecule has 0 aromatic rings. The van der Waals surface area contributed by atoms with Crippen molar-refractivity contribution in [2.45, 2.75) is 33.6 Å². The SMILES string of the molecule is CC(C)(C)/C=C1\CCC(=O)N1. The minimum absolute atomic E-state index is 0.153. The first-order valence-corrected chi connectivity index (χ1v) is 3.99. The summed E-state index contributed by atoms with van der Waals surface area (Å²) in [4.78, 5) is 10.8. The van der Waals surface area contributed by atoms with Gasteiger partial charge in [0, 0.05) is 12.1 Å². The van der Waals surface area contributed by atoms with Gasteiger partial charge in [-0.25, -0.2) is 0 Å². The maximum atomic E-state index is 10.8. The molecule has 0 spiro atoms. The molecule has 2 nitrogen and oxygen atoms in total. The Morgan fingerprint density at radius 2 is 2.00 bits per heavy atom. The van der Waals surface area contributed by atoms with Crippen molar-refractivity contribution in [3.63, 3.8) is 0 Å². The zero-order valence-corrected chi connectivity index (χ0v) is 7.40. The lowest BCUT2D eigenvalue weighted by Gasteiger charge is -2.13. The summed E-state index contributed by atoms with van der Waals surface area (Å²) in [5.74, 6) is 0.153. The summed E-state index contributed by atoms with van der Waals surface area (Å²) in [5.41, 5.74) is 1.26. The van der Waals surface area contributed by atoms with Crippen molar-refractivity contribution in [1.82, 2.24) is 5.32 Å². The molecule has 1 aliphatic heterocycles. The average molecular weight is 153 g/mol. The molecular weight excluding hydrogens is 138 g/mol. The highest BCUT2D eigenvalue weighted by atomic mass is 16.1. The standard InChI is InChI=1S/C9H15NO/c1-9(2,3)6-7-4-5-8(11)10-7/h6H,4-5H2,1-3H3,(H,10,11)/b7-6+. The van der Waals surface area contributed by atoms with Crippen LogP contribution in [0.2, 0.25) is 0 Å². The van der Waals surface area contributed by atoms with E-state index in [9.17, 15) is 4.79 Å². The summed E-state index contributed by atoms with van der Waals surface area (Å²) >= 11 is 0. The van der Waals surface area contributed by atoms with Gasteiger partial charge in [-0.15, -0.1) is 0 Å². The number of hydrogen-bond acceptors (Lipinski definition) is 1. The number of allylic oxidation sites excluding steroid dienone is 2. The molecule has 1 N–H and O–H groups in total.